The van der Waals surface area contributed by atoms with E-state index in [2.05, 4.69) is 40.2 Å². The Morgan fingerprint density at radius 2 is 1.65 bits per heavy atom. The molecule has 0 bridgehead atoms. The number of hydrogen-bond donors (Lipinski definition) is 3. The number of piperidine rings is 2. The zero-order valence-electron chi connectivity index (χ0n) is 18.9. The molecule has 0 radical (unpaired) electrons. The van der Waals surface area contributed by atoms with E-state index in [-0.39, 0.29) is 24.3 Å². The molecule has 3 aliphatic heterocycles. The highest BCUT2D eigenvalue weighted by Gasteiger charge is 2.44. The topological polar surface area (TPSA) is 108 Å². The van der Waals surface area contributed by atoms with Crippen LogP contribution in [0.4, 0.5) is 5.69 Å². The van der Waals surface area contributed by atoms with E-state index in [1.165, 1.54) is 5.56 Å². The molecule has 8 heteroatoms. The van der Waals surface area contributed by atoms with Crippen molar-refractivity contribution >= 4 is 29.3 Å². The molecular weight excluding hydrogens is 432 g/mol. The van der Waals surface area contributed by atoms with Crippen molar-refractivity contribution < 1.29 is 19.2 Å². The smallest absolute Gasteiger partial charge is 0.262 e. The molecule has 176 valence electrons. The average molecular weight is 461 g/mol. The number of benzene rings is 2. The number of imide groups is 2. The number of nitrogens with one attached hydrogen (secondary N) is 3. The third-order valence-electron chi connectivity index (χ3n) is 7.15. The Morgan fingerprint density at radius 3 is 2.38 bits per heavy atom. The van der Waals surface area contributed by atoms with Crippen molar-refractivity contribution in [2.45, 2.75) is 37.6 Å². The van der Waals surface area contributed by atoms with Gasteiger partial charge in [-0.3, -0.25) is 29.4 Å². The summed E-state index contributed by atoms with van der Waals surface area (Å²) in [7, 11) is 0. The molecule has 5 rings (SSSR count). The molecule has 2 unspecified atom stereocenters. The van der Waals surface area contributed by atoms with E-state index in [4.69, 9.17) is 0 Å². The zero-order chi connectivity index (χ0) is 23.7. The van der Waals surface area contributed by atoms with E-state index >= 15 is 0 Å². The van der Waals surface area contributed by atoms with Gasteiger partial charge in [-0.2, -0.15) is 0 Å². The molecular formula is C26H28N4O4. The van der Waals surface area contributed by atoms with Gasteiger partial charge in [0.05, 0.1) is 11.1 Å². The van der Waals surface area contributed by atoms with Gasteiger partial charge in [-0.1, -0.05) is 30.3 Å². The maximum absolute atomic E-state index is 13.1. The Balaban J connectivity index is 1.33. The number of nitrogens with zero attached hydrogens (tertiary/aromatic N) is 1. The number of carbonyl (C=O) groups excluding carboxylic acids is 4. The van der Waals surface area contributed by atoms with Gasteiger partial charge in [0.15, 0.2) is 0 Å². The molecule has 3 aliphatic rings. The third kappa shape index (κ3) is 4.21. The summed E-state index contributed by atoms with van der Waals surface area (Å²) >= 11 is 0. The first-order valence-electron chi connectivity index (χ1n) is 11.9. The van der Waals surface area contributed by atoms with Gasteiger partial charge in [-0.15, -0.1) is 0 Å². The number of hydrogen-bond acceptors (Lipinski definition) is 6. The normalized spacial score (nSPS) is 21.9. The Bertz CT molecular complexity index is 1130. The second-order valence-corrected chi connectivity index (χ2v) is 9.19. The van der Waals surface area contributed by atoms with Crippen LogP contribution in [0.15, 0.2) is 48.5 Å². The summed E-state index contributed by atoms with van der Waals surface area (Å²) in [6.07, 6.45) is 2.48. The lowest BCUT2D eigenvalue weighted by Crippen LogP contribution is -2.54. The number of carbonyl (C=O) groups is 4. The minimum Gasteiger partial charge on any atom is -0.384 e. The van der Waals surface area contributed by atoms with Crippen LogP contribution in [0.3, 0.4) is 0 Å². The summed E-state index contributed by atoms with van der Waals surface area (Å²) in [4.78, 5) is 50.8. The van der Waals surface area contributed by atoms with Crippen LogP contribution in [0, 0.1) is 5.92 Å². The molecule has 2 fully saturated rings. The highest BCUT2D eigenvalue weighted by Crippen LogP contribution is 2.33. The van der Waals surface area contributed by atoms with Gasteiger partial charge in [0.25, 0.3) is 11.8 Å². The van der Waals surface area contributed by atoms with Crippen molar-refractivity contribution in [2.75, 3.05) is 25.0 Å². The van der Waals surface area contributed by atoms with Crippen molar-refractivity contribution in [3.05, 3.63) is 65.2 Å². The monoisotopic (exact) mass is 460 g/mol. The quantitative estimate of drug-likeness (QED) is 0.571. The van der Waals surface area contributed by atoms with E-state index < -0.39 is 23.8 Å². The first-order valence-corrected chi connectivity index (χ1v) is 11.9. The predicted molar refractivity (Wildman–Crippen MR) is 126 cm³/mol. The van der Waals surface area contributed by atoms with Crippen molar-refractivity contribution in [2.24, 2.45) is 5.92 Å². The molecule has 34 heavy (non-hydrogen) atoms. The van der Waals surface area contributed by atoms with Crippen LogP contribution < -0.4 is 16.0 Å². The van der Waals surface area contributed by atoms with Crippen LogP contribution in [0.1, 0.15) is 57.9 Å². The van der Waals surface area contributed by atoms with Crippen LogP contribution in [0.5, 0.6) is 0 Å². The van der Waals surface area contributed by atoms with Gasteiger partial charge in [0.2, 0.25) is 11.8 Å². The molecule has 4 amide bonds. The second-order valence-electron chi connectivity index (χ2n) is 9.19. The van der Waals surface area contributed by atoms with Crippen LogP contribution in [-0.2, 0) is 9.59 Å². The van der Waals surface area contributed by atoms with E-state index in [9.17, 15) is 19.2 Å². The maximum atomic E-state index is 13.1. The summed E-state index contributed by atoms with van der Waals surface area (Å²) in [5, 5.41) is 9.14. The minimum absolute atomic E-state index is 0.105. The number of fused-ring (bicyclic) bond motifs is 1. The molecule has 2 atom stereocenters. The third-order valence-corrected chi connectivity index (χ3v) is 7.15. The van der Waals surface area contributed by atoms with Gasteiger partial charge < -0.3 is 10.6 Å². The van der Waals surface area contributed by atoms with Gasteiger partial charge in [0, 0.05) is 24.6 Å². The Hall–Kier alpha value is -3.52. The first-order chi connectivity index (χ1) is 16.5. The standard InChI is InChI=1S/C26H28N4O4/c31-23-9-8-22(24(32)29-23)30-25(33)19-7-6-18(14-20(19)26(30)34)28-15-21(16-4-2-1-3-5-16)17-10-12-27-13-11-17/h1-7,14,17,21-22,27-28H,8-13,15H2,(H,29,31,32). The van der Waals surface area contributed by atoms with Crippen molar-refractivity contribution in [1.82, 2.24) is 15.5 Å². The maximum Gasteiger partial charge on any atom is 0.262 e. The molecule has 0 saturated carbocycles. The van der Waals surface area contributed by atoms with Gasteiger partial charge in [-0.25, -0.2) is 0 Å². The van der Waals surface area contributed by atoms with E-state index in [1.54, 1.807) is 12.1 Å². The zero-order valence-corrected chi connectivity index (χ0v) is 18.9. The first kappa shape index (κ1) is 22.3. The molecule has 8 nitrogen and oxygen atoms in total. The van der Waals surface area contributed by atoms with Crippen molar-refractivity contribution in [3.63, 3.8) is 0 Å². The largest absolute Gasteiger partial charge is 0.384 e. The molecule has 2 aromatic carbocycles. The van der Waals surface area contributed by atoms with E-state index in [1.807, 2.05) is 12.1 Å². The fraction of sp³-hybridized carbons (Fsp3) is 0.385. The SMILES string of the molecule is O=C1CCC(N2C(=O)c3ccc(NCC(c4ccccc4)C4CCNCC4)cc3C2=O)C(=O)N1. The fourth-order valence-corrected chi connectivity index (χ4v) is 5.31. The molecule has 0 aromatic heterocycles. The lowest BCUT2D eigenvalue weighted by molar-refractivity contribution is -0.136. The summed E-state index contributed by atoms with van der Waals surface area (Å²) in [6.45, 7) is 2.74. The molecule has 3 N–H and O–H groups in total. The predicted octanol–water partition coefficient (Wildman–Crippen LogP) is 2.28. The average Bonchev–Trinajstić information content (AvgIpc) is 3.10. The molecule has 2 saturated heterocycles. The highest BCUT2D eigenvalue weighted by molar-refractivity contribution is 6.23. The molecule has 2 aromatic rings. The highest BCUT2D eigenvalue weighted by atomic mass is 16.2. The van der Waals surface area contributed by atoms with Crippen LogP contribution in [0.2, 0.25) is 0 Å². The van der Waals surface area contributed by atoms with Gasteiger partial charge in [-0.05, 0) is 62.0 Å². The van der Waals surface area contributed by atoms with Crippen LogP contribution >= 0.6 is 0 Å². The van der Waals surface area contributed by atoms with Gasteiger partial charge in [0.1, 0.15) is 6.04 Å². The summed E-state index contributed by atoms with van der Waals surface area (Å²) < 4.78 is 0. The van der Waals surface area contributed by atoms with Gasteiger partial charge >= 0.3 is 0 Å². The number of anilines is 1. The van der Waals surface area contributed by atoms with Crippen LogP contribution in [-0.4, -0.2) is 54.2 Å². The summed E-state index contributed by atoms with van der Waals surface area (Å²) in [6, 6.07) is 14.7. The lowest BCUT2D eigenvalue weighted by atomic mass is 9.80. The Morgan fingerprint density at radius 1 is 0.912 bits per heavy atom. The van der Waals surface area contributed by atoms with Crippen LogP contribution in [0.25, 0.3) is 0 Å². The molecule has 3 heterocycles. The second kappa shape index (κ2) is 9.38. The van der Waals surface area contributed by atoms with Crippen molar-refractivity contribution in [1.29, 1.82) is 0 Å². The fourth-order valence-electron chi connectivity index (χ4n) is 5.31. The lowest BCUT2D eigenvalue weighted by Gasteiger charge is -2.31. The number of amides is 4. The Labute approximate surface area is 198 Å². The number of rotatable bonds is 6. The summed E-state index contributed by atoms with van der Waals surface area (Å²) in [5.74, 6) is -1.08. The molecule has 0 spiro atoms. The van der Waals surface area contributed by atoms with Crippen molar-refractivity contribution in [3.8, 4) is 0 Å². The Kier molecular flexibility index (Phi) is 6.15. The minimum atomic E-state index is -0.955. The van der Waals surface area contributed by atoms with E-state index in [0.29, 0.717) is 23.9 Å². The summed E-state index contributed by atoms with van der Waals surface area (Å²) in [5.41, 5.74) is 2.63. The van der Waals surface area contributed by atoms with E-state index in [0.717, 1.165) is 36.5 Å². The molecule has 0 aliphatic carbocycles.